The van der Waals surface area contributed by atoms with E-state index in [1.54, 1.807) is 49.6 Å². The summed E-state index contributed by atoms with van der Waals surface area (Å²) in [6, 6.07) is 13.9. The van der Waals surface area contributed by atoms with E-state index in [-0.39, 0.29) is 46.2 Å². The van der Waals surface area contributed by atoms with Crippen molar-refractivity contribution in [1.82, 2.24) is 0 Å². The van der Waals surface area contributed by atoms with E-state index in [0.717, 1.165) is 6.66 Å². The molecule has 0 saturated carbocycles. The lowest BCUT2D eigenvalue weighted by Gasteiger charge is -2.18. The van der Waals surface area contributed by atoms with Crippen LogP contribution in [0.25, 0.3) is 32.3 Å². The van der Waals surface area contributed by atoms with Crippen molar-refractivity contribution >= 4 is 55.6 Å². The van der Waals surface area contributed by atoms with Gasteiger partial charge in [0.05, 0.1) is 26.4 Å². The Labute approximate surface area is 269 Å². The maximum Gasteiger partial charge on any atom is 0.469 e. The summed E-state index contributed by atoms with van der Waals surface area (Å²) in [5.74, 6) is 1.67. The Balaban J connectivity index is 1.82. The Kier molecular flexibility index (Phi) is 12.6. The van der Waals surface area contributed by atoms with Crippen molar-refractivity contribution in [3.05, 3.63) is 48.5 Å². The summed E-state index contributed by atoms with van der Waals surface area (Å²) < 4.78 is 76.2. The third-order valence-electron chi connectivity index (χ3n) is 6.37. The molecule has 0 heterocycles. The smallest absolute Gasteiger partial charge is 0.469 e. The maximum atomic E-state index is 11.6. The molecule has 0 radical (unpaired) electrons. The Bertz CT molecular complexity index is 1830. The van der Waals surface area contributed by atoms with Gasteiger partial charge < -0.3 is 52.7 Å². The second-order valence-corrected chi connectivity index (χ2v) is 14.3. The molecule has 4 aromatic carbocycles. The van der Waals surface area contributed by atoms with Gasteiger partial charge in [-0.1, -0.05) is 0 Å². The fourth-order valence-electron chi connectivity index (χ4n) is 4.58. The maximum absolute atomic E-state index is 11.6. The van der Waals surface area contributed by atoms with Crippen LogP contribution in [-0.4, -0.2) is 91.1 Å². The van der Waals surface area contributed by atoms with Crippen LogP contribution >= 0.6 is 23.2 Å². The molecule has 0 saturated heterocycles. The van der Waals surface area contributed by atoms with Crippen LogP contribution in [0.5, 0.6) is 23.0 Å². The van der Waals surface area contributed by atoms with Crippen LogP contribution in [0.1, 0.15) is 0 Å². The highest BCUT2D eigenvalue weighted by molar-refractivity contribution is 7.51. The number of ether oxygens (including phenoxy) is 5. The normalized spacial score (nSPS) is 13.6. The number of phosphoric ester groups is 2. The zero-order valence-electron chi connectivity index (χ0n) is 25.3. The molecule has 4 aromatic rings. The van der Waals surface area contributed by atoms with Crippen molar-refractivity contribution in [3.8, 4) is 23.0 Å². The van der Waals surface area contributed by atoms with E-state index in [1.807, 2.05) is 6.07 Å². The average Bonchev–Trinajstić information content (AvgIpc) is 2.98. The average molecular weight is 720 g/mol. The fraction of sp³-hybridized carbons (Fsp3) is 0.357. The number of methoxy groups -OCH3 is 1. The summed E-state index contributed by atoms with van der Waals surface area (Å²) in [5.41, 5.74) is 0. The van der Waals surface area contributed by atoms with Crippen LogP contribution in [0.4, 0.5) is 0 Å². The second kappa shape index (κ2) is 16.1. The lowest BCUT2D eigenvalue weighted by atomic mass is 9.95. The van der Waals surface area contributed by atoms with Crippen molar-refractivity contribution in [3.63, 3.8) is 0 Å². The van der Waals surface area contributed by atoms with E-state index >= 15 is 0 Å². The van der Waals surface area contributed by atoms with E-state index < -0.39 is 23.2 Å². The molecule has 258 valence electrons. The van der Waals surface area contributed by atoms with Gasteiger partial charge in [-0.25, -0.2) is 9.13 Å². The van der Waals surface area contributed by atoms with Crippen LogP contribution in [0.3, 0.4) is 0 Å². The molecular formula is C28H35O16P3. The molecule has 0 aliphatic rings. The van der Waals surface area contributed by atoms with Gasteiger partial charge in [-0.2, -0.15) is 0 Å². The second-order valence-electron chi connectivity index (χ2n) is 9.93. The Morgan fingerprint density at radius 2 is 0.872 bits per heavy atom. The molecule has 0 aromatic heterocycles. The minimum absolute atomic E-state index is 0.0545. The lowest BCUT2D eigenvalue weighted by Crippen LogP contribution is -2.07. The molecule has 1 atom stereocenters. The van der Waals surface area contributed by atoms with Gasteiger partial charge in [0.15, 0.2) is 0 Å². The molecule has 16 nitrogen and oxygen atoms in total. The van der Waals surface area contributed by atoms with Crippen LogP contribution in [0.15, 0.2) is 48.5 Å². The number of hydrogen-bond donors (Lipinski definition) is 5. The standard InChI is InChI=1S/C28H35O16P3/c1-37-7-8-40-27-17-25-24-16-20(39-10-14-44-47(34,35)36)4-6-22(24)28(41-11-12-42-45(2,29)30)18-26(25)23-15-19(3-5-21(23)27)38-9-13-43-46(31,32)33/h3-6,15-18H,7-14H2,1-2H3,(H,29,30)(H2,31,32,33)(H2,34,35,36). The van der Waals surface area contributed by atoms with E-state index in [1.165, 1.54) is 0 Å². The van der Waals surface area contributed by atoms with E-state index in [0.29, 0.717) is 61.9 Å². The molecule has 47 heavy (non-hydrogen) atoms. The predicted octanol–water partition coefficient (Wildman–Crippen LogP) is 4.36. The molecule has 0 spiro atoms. The number of rotatable bonds is 19. The van der Waals surface area contributed by atoms with Gasteiger partial charge in [-0.15, -0.1) is 0 Å². The molecule has 1 unspecified atom stereocenters. The van der Waals surface area contributed by atoms with Gasteiger partial charge >= 0.3 is 23.2 Å². The van der Waals surface area contributed by atoms with Crippen molar-refractivity contribution in [2.75, 3.05) is 66.6 Å². The Morgan fingerprint density at radius 1 is 0.489 bits per heavy atom. The zero-order chi connectivity index (χ0) is 34.2. The highest BCUT2D eigenvalue weighted by Gasteiger charge is 2.18. The molecule has 0 bridgehead atoms. The molecule has 0 amide bonds. The first-order valence-corrected chi connectivity index (χ1v) is 19.0. The quantitative estimate of drug-likeness (QED) is 0.0515. The van der Waals surface area contributed by atoms with Crippen molar-refractivity contribution in [1.29, 1.82) is 0 Å². The zero-order valence-corrected chi connectivity index (χ0v) is 28.0. The third kappa shape index (κ3) is 11.4. The first-order chi connectivity index (χ1) is 22.1. The molecule has 0 fully saturated rings. The van der Waals surface area contributed by atoms with Gasteiger partial charge in [-0.05, 0) is 70.1 Å². The van der Waals surface area contributed by atoms with Gasteiger partial charge in [0.2, 0.25) is 0 Å². The van der Waals surface area contributed by atoms with E-state index in [9.17, 15) is 18.6 Å². The summed E-state index contributed by atoms with van der Waals surface area (Å²) in [6.07, 6.45) is 0. The third-order valence-corrected chi connectivity index (χ3v) is 8.07. The summed E-state index contributed by atoms with van der Waals surface area (Å²) in [4.78, 5) is 45.3. The number of phosphoric acid groups is 2. The van der Waals surface area contributed by atoms with Gasteiger partial charge in [0.25, 0.3) is 0 Å². The molecule has 0 aliphatic heterocycles. The first-order valence-electron chi connectivity index (χ1n) is 14.0. The molecule has 4 rings (SSSR count). The summed E-state index contributed by atoms with van der Waals surface area (Å²) >= 11 is 0. The van der Waals surface area contributed by atoms with E-state index in [2.05, 4.69) is 9.05 Å². The van der Waals surface area contributed by atoms with Crippen molar-refractivity contribution in [2.45, 2.75) is 0 Å². The fourth-order valence-corrected chi connectivity index (χ4v) is 5.62. The highest BCUT2D eigenvalue weighted by atomic mass is 31.2. The minimum Gasteiger partial charge on any atom is -0.491 e. The van der Waals surface area contributed by atoms with Crippen LogP contribution in [-0.2, 0) is 32.0 Å². The van der Waals surface area contributed by atoms with Crippen LogP contribution in [0.2, 0.25) is 0 Å². The van der Waals surface area contributed by atoms with E-state index in [4.69, 9.17) is 47.8 Å². The largest absolute Gasteiger partial charge is 0.491 e. The molecule has 0 aliphatic carbocycles. The molecule has 5 N–H and O–H groups in total. The number of fused-ring (bicyclic) bond motifs is 5. The summed E-state index contributed by atoms with van der Waals surface area (Å²) in [6.45, 7) is 0.415. The Morgan fingerprint density at radius 3 is 1.28 bits per heavy atom. The van der Waals surface area contributed by atoms with Gasteiger partial charge in [0, 0.05) is 24.5 Å². The molecular weight excluding hydrogens is 685 g/mol. The van der Waals surface area contributed by atoms with Crippen molar-refractivity contribution in [2.24, 2.45) is 0 Å². The summed E-state index contributed by atoms with van der Waals surface area (Å²) in [7, 11) is -11.5. The highest BCUT2D eigenvalue weighted by Crippen LogP contribution is 2.43. The van der Waals surface area contributed by atoms with Crippen LogP contribution < -0.4 is 18.9 Å². The Hall–Kier alpha value is -2.81. The first kappa shape index (κ1) is 37.0. The topological polar surface area (TPSA) is 226 Å². The summed E-state index contributed by atoms with van der Waals surface area (Å²) in [5, 5.41) is 4.05. The number of benzene rings is 4. The monoisotopic (exact) mass is 720 g/mol. The van der Waals surface area contributed by atoms with Crippen molar-refractivity contribution < 1.29 is 75.4 Å². The minimum atomic E-state index is -4.67. The molecule has 19 heteroatoms. The predicted molar refractivity (Wildman–Crippen MR) is 171 cm³/mol. The number of hydrogen-bond acceptors (Lipinski definition) is 11. The van der Waals surface area contributed by atoms with Gasteiger partial charge in [0.1, 0.15) is 49.4 Å². The van der Waals surface area contributed by atoms with Crippen LogP contribution in [0, 0.1) is 0 Å². The lowest BCUT2D eigenvalue weighted by molar-refractivity contribution is 0.147. The van der Waals surface area contributed by atoms with Gasteiger partial charge in [-0.3, -0.25) is 13.6 Å². The SMILES string of the molecule is COCCOc1cc2c3cc(OCCOP(=O)(O)O)ccc3c(OCCOP(C)(=O)O)cc2c2cc(OCCOP(=O)(O)O)ccc12.